The van der Waals surface area contributed by atoms with Crippen LogP contribution in [0.15, 0.2) is 0 Å². The minimum Gasteiger partial charge on any atom is -1.00 e. The standard InChI is InChI=1S/C24H44P.ClH/c1-5-13-21(14-6-1)25(22-15-7-2-8-16-22,23-17-9-3-10-18-23)24-19-11-4-12-20-24;/h21-24H,1-20H2;1H/q+1;/p-1. The van der Waals surface area contributed by atoms with Gasteiger partial charge in [-0.2, -0.15) is 0 Å². The van der Waals surface area contributed by atoms with Gasteiger partial charge in [-0.1, -0.05) is 25.7 Å². The van der Waals surface area contributed by atoms with E-state index in [9.17, 15) is 0 Å². The monoisotopic (exact) mass is 398 g/mol. The molecule has 4 aliphatic carbocycles. The molecule has 4 saturated carbocycles. The molecule has 0 aliphatic heterocycles. The molecule has 0 bridgehead atoms. The summed E-state index contributed by atoms with van der Waals surface area (Å²) in [6.07, 6.45) is 32.1. The van der Waals surface area contributed by atoms with Gasteiger partial charge < -0.3 is 12.4 Å². The van der Waals surface area contributed by atoms with Crippen molar-refractivity contribution in [2.24, 2.45) is 0 Å². The zero-order valence-corrected chi connectivity index (χ0v) is 18.9. The van der Waals surface area contributed by atoms with Crippen molar-refractivity contribution in [3.8, 4) is 0 Å². The quantitative estimate of drug-likeness (QED) is 0.561. The molecule has 0 unspecified atom stereocenters. The number of hydrogen-bond acceptors (Lipinski definition) is 0. The highest BCUT2D eigenvalue weighted by molar-refractivity contribution is 7.78. The van der Waals surface area contributed by atoms with Crippen LogP contribution in [0, 0.1) is 0 Å². The lowest BCUT2D eigenvalue weighted by Gasteiger charge is -2.53. The molecule has 0 atom stereocenters. The van der Waals surface area contributed by atoms with Gasteiger partial charge in [-0.05, 0) is 103 Å². The molecule has 4 fully saturated rings. The van der Waals surface area contributed by atoms with Gasteiger partial charge in [0.25, 0.3) is 0 Å². The largest absolute Gasteiger partial charge is 1.00 e. The van der Waals surface area contributed by atoms with Gasteiger partial charge in [-0.3, -0.25) is 0 Å². The Kier molecular flexibility index (Phi) is 8.64. The van der Waals surface area contributed by atoms with Gasteiger partial charge in [0.2, 0.25) is 0 Å². The molecule has 0 spiro atoms. The minimum absolute atomic E-state index is 0. The first-order valence-electron chi connectivity index (χ1n) is 12.3. The summed E-state index contributed by atoms with van der Waals surface area (Å²) < 4.78 is 0. The molecule has 2 heteroatoms. The van der Waals surface area contributed by atoms with Crippen LogP contribution in [0.25, 0.3) is 0 Å². The van der Waals surface area contributed by atoms with E-state index in [2.05, 4.69) is 0 Å². The summed E-state index contributed by atoms with van der Waals surface area (Å²) in [4.78, 5) is 0. The predicted molar refractivity (Wildman–Crippen MR) is 114 cm³/mol. The van der Waals surface area contributed by atoms with Crippen LogP contribution in [-0.2, 0) is 0 Å². The minimum atomic E-state index is -0.798. The van der Waals surface area contributed by atoms with Crippen LogP contribution in [0.4, 0.5) is 0 Å². The van der Waals surface area contributed by atoms with E-state index in [0.717, 1.165) is 0 Å². The van der Waals surface area contributed by atoms with E-state index in [0.29, 0.717) is 0 Å². The summed E-state index contributed by atoms with van der Waals surface area (Å²) in [5.74, 6) is 0. The molecule has 0 nitrogen and oxygen atoms in total. The molecule has 0 radical (unpaired) electrons. The Bertz CT molecular complexity index is 308. The van der Waals surface area contributed by atoms with Gasteiger partial charge >= 0.3 is 0 Å². The maximum absolute atomic E-state index is 1.65. The van der Waals surface area contributed by atoms with E-state index >= 15 is 0 Å². The highest BCUT2D eigenvalue weighted by Gasteiger charge is 2.61. The summed E-state index contributed by atoms with van der Waals surface area (Å²) in [5.41, 5.74) is 4.87. The maximum atomic E-state index is 1.65. The van der Waals surface area contributed by atoms with Crippen LogP contribution in [-0.4, -0.2) is 22.6 Å². The summed E-state index contributed by atoms with van der Waals surface area (Å²) in [7, 11) is -0.798. The van der Waals surface area contributed by atoms with E-state index in [1.807, 2.05) is 0 Å². The molecule has 152 valence electrons. The Labute approximate surface area is 170 Å². The average molecular weight is 399 g/mol. The molecule has 26 heavy (non-hydrogen) atoms. The van der Waals surface area contributed by atoms with E-state index < -0.39 is 7.26 Å². The maximum Gasteiger partial charge on any atom is 0.0705 e. The zero-order chi connectivity index (χ0) is 17.0. The third kappa shape index (κ3) is 4.32. The van der Waals surface area contributed by atoms with Crippen molar-refractivity contribution in [3.05, 3.63) is 0 Å². The lowest BCUT2D eigenvalue weighted by atomic mass is 9.98. The van der Waals surface area contributed by atoms with E-state index in [4.69, 9.17) is 0 Å². The number of hydrogen-bond donors (Lipinski definition) is 0. The first kappa shape index (κ1) is 21.4. The van der Waals surface area contributed by atoms with Crippen LogP contribution >= 0.6 is 7.26 Å². The normalized spacial score (nSPS) is 28.6. The Morgan fingerprint density at radius 2 is 0.500 bits per heavy atom. The molecular formula is C24H44ClP. The summed E-state index contributed by atoms with van der Waals surface area (Å²) in [5, 5.41) is 0. The highest BCUT2D eigenvalue weighted by atomic mass is 35.5. The van der Waals surface area contributed by atoms with E-state index in [-0.39, 0.29) is 12.4 Å². The van der Waals surface area contributed by atoms with Crippen LogP contribution in [0.3, 0.4) is 0 Å². The fourth-order valence-electron chi connectivity index (χ4n) is 7.90. The highest BCUT2D eigenvalue weighted by Crippen LogP contribution is 2.81. The third-order valence-electron chi connectivity index (χ3n) is 8.83. The smallest absolute Gasteiger partial charge is 0.0705 e. The number of halogens is 1. The average Bonchev–Trinajstić information content (AvgIpc) is 2.72. The van der Waals surface area contributed by atoms with Crippen molar-refractivity contribution in [1.82, 2.24) is 0 Å². The lowest BCUT2D eigenvalue weighted by molar-refractivity contribution is -0.00000528. The molecule has 0 aromatic carbocycles. The van der Waals surface area contributed by atoms with Crippen molar-refractivity contribution < 1.29 is 12.4 Å². The molecule has 0 N–H and O–H groups in total. The second kappa shape index (κ2) is 10.5. The second-order valence-electron chi connectivity index (χ2n) is 10.1. The third-order valence-corrected chi connectivity index (χ3v) is 16.0. The molecule has 0 heterocycles. The van der Waals surface area contributed by atoms with Gasteiger partial charge in [-0.15, -0.1) is 0 Å². The Morgan fingerprint density at radius 3 is 0.692 bits per heavy atom. The Morgan fingerprint density at radius 1 is 0.308 bits per heavy atom. The summed E-state index contributed by atoms with van der Waals surface area (Å²) >= 11 is 0. The molecule has 0 saturated heterocycles. The van der Waals surface area contributed by atoms with Crippen molar-refractivity contribution in [3.63, 3.8) is 0 Å². The second-order valence-corrected chi connectivity index (χ2v) is 14.8. The first-order chi connectivity index (χ1) is 12.4. The van der Waals surface area contributed by atoms with Gasteiger partial charge in [-0.25, -0.2) is 0 Å². The van der Waals surface area contributed by atoms with Crippen molar-refractivity contribution >= 4 is 7.26 Å². The van der Waals surface area contributed by atoms with Crippen molar-refractivity contribution in [2.75, 3.05) is 0 Å². The van der Waals surface area contributed by atoms with E-state index in [1.54, 1.807) is 128 Å². The van der Waals surface area contributed by atoms with Crippen molar-refractivity contribution in [2.45, 2.75) is 151 Å². The summed E-state index contributed by atoms with van der Waals surface area (Å²) in [6, 6.07) is 0. The van der Waals surface area contributed by atoms with Gasteiger partial charge in [0.15, 0.2) is 0 Å². The van der Waals surface area contributed by atoms with Crippen LogP contribution in [0.1, 0.15) is 128 Å². The molecule has 4 rings (SSSR count). The van der Waals surface area contributed by atoms with Crippen LogP contribution < -0.4 is 12.4 Å². The van der Waals surface area contributed by atoms with Crippen molar-refractivity contribution in [1.29, 1.82) is 0 Å². The van der Waals surface area contributed by atoms with Crippen LogP contribution in [0.5, 0.6) is 0 Å². The molecule has 0 aromatic heterocycles. The van der Waals surface area contributed by atoms with Gasteiger partial charge in [0.05, 0.1) is 22.6 Å². The van der Waals surface area contributed by atoms with Gasteiger partial charge in [0.1, 0.15) is 0 Å². The molecule has 0 amide bonds. The Balaban J connectivity index is 0.00000196. The van der Waals surface area contributed by atoms with E-state index in [1.165, 1.54) is 22.6 Å². The first-order valence-corrected chi connectivity index (χ1v) is 14.4. The Hall–Kier alpha value is 0.720. The SMILES string of the molecule is C1CCC([P+](C2CCCCC2)(C2CCCCC2)C2CCCCC2)CC1.[Cl-]. The fourth-order valence-corrected chi connectivity index (χ4v) is 16.5. The molecule has 4 aliphatic rings. The molecular weight excluding hydrogens is 355 g/mol. The van der Waals surface area contributed by atoms with Gasteiger partial charge in [0, 0.05) is 7.26 Å². The number of rotatable bonds is 4. The lowest BCUT2D eigenvalue weighted by Crippen LogP contribution is -3.00. The molecule has 0 aromatic rings. The zero-order valence-electron chi connectivity index (χ0n) is 17.3. The predicted octanol–water partition coefficient (Wildman–Crippen LogP) is 5.34. The fraction of sp³-hybridized carbons (Fsp3) is 1.00. The summed E-state index contributed by atoms with van der Waals surface area (Å²) in [6.45, 7) is 0. The topological polar surface area (TPSA) is 0 Å². The van der Waals surface area contributed by atoms with Crippen LogP contribution in [0.2, 0.25) is 0 Å².